The van der Waals surface area contributed by atoms with E-state index in [-0.39, 0.29) is 11.7 Å². The van der Waals surface area contributed by atoms with Crippen LogP contribution in [0.25, 0.3) is 10.2 Å². The summed E-state index contributed by atoms with van der Waals surface area (Å²) in [6, 6.07) is 7.96. The topological polar surface area (TPSA) is 56.0 Å². The highest BCUT2D eigenvalue weighted by Crippen LogP contribution is 2.22. The molecule has 0 aliphatic heterocycles. The van der Waals surface area contributed by atoms with Crippen molar-refractivity contribution >= 4 is 27.3 Å². The second-order valence-corrected chi connectivity index (χ2v) is 5.31. The van der Waals surface area contributed by atoms with Gasteiger partial charge in [0.25, 0.3) is 0 Å². The summed E-state index contributed by atoms with van der Waals surface area (Å²) in [6.07, 6.45) is 1.18. The van der Waals surface area contributed by atoms with Gasteiger partial charge < -0.3 is 5.73 Å². The quantitative estimate of drug-likeness (QED) is 0.884. The van der Waals surface area contributed by atoms with Crippen LogP contribution in [0.3, 0.4) is 0 Å². The summed E-state index contributed by atoms with van der Waals surface area (Å²) in [5.41, 5.74) is 6.44. The molecule has 17 heavy (non-hydrogen) atoms. The Labute approximate surface area is 105 Å². The summed E-state index contributed by atoms with van der Waals surface area (Å²) >= 11 is 1.60. The van der Waals surface area contributed by atoms with E-state index in [1.54, 1.807) is 11.3 Å². The molecule has 2 rings (SSSR count). The van der Waals surface area contributed by atoms with Crippen molar-refractivity contribution in [1.29, 1.82) is 0 Å². The van der Waals surface area contributed by atoms with E-state index in [1.165, 1.54) is 0 Å². The number of para-hydroxylation sites is 1. The first-order valence-electron chi connectivity index (χ1n) is 5.78. The van der Waals surface area contributed by atoms with Crippen LogP contribution in [0, 0.1) is 5.92 Å². The van der Waals surface area contributed by atoms with Crippen molar-refractivity contribution in [3.05, 3.63) is 29.3 Å². The first kappa shape index (κ1) is 12.2. The van der Waals surface area contributed by atoms with E-state index in [2.05, 4.69) is 4.98 Å². The zero-order valence-corrected chi connectivity index (χ0v) is 10.7. The maximum atomic E-state index is 11.9. The minimum atomic E-state index is 0.0343. The van der Waals surface area contributed by atoms with Crippen LogP contribution in [0.15, 0.2) is 24.3 Å². The molecule has 1 atom stereocenters. The van der Waals surface area contributed by atoms with Crippen LogP contribution in [0.4, 0.5) is 0 Å². The highest BCUT2D eigenvalue weighted by Gasteiger charge is 2.14. The van der Waals surface area contributed by atoms with Crippen LogP contribution in [0.1, 0.15) is 18.4 Å². The second kappa shape index (κ2) is 5.38. The van der Waals surface area contributed by atoms with Crippen molar-refractivity contribution < 1.29 is 4.79 Å². The van der Waals surface area contributed by atoms with E-state index < -0.39 is 0 Å². The molecule has 0 aliphatic carbocycles. The number of carbonyl (C=O) groups is 1. The van der Waals surface area contributed by atoms with Crippen molar-refractivity contribution in [1.82, 2.24) is 4.98 Å². The number of aromatic nitrogens is 1. The van der Waals surface area contributed by atoms with Crippen LogP contribution in [0.5, 0.6) is 0 Å². The molecule has 4 heteroatoms. The monoisotopic (exact) mass is 248 g/mol. The lowest BCUT2D eigenvalue weighted by Gasteiger charge is -2.06. The van der Waals surface area contributed by atoms with E-state index in [4.69, 9.17) is 5.73 Å². The van der Waals surface area contributed by atoms with Crippen molar-refractivity contribution in [2.24, 2.45) is 11.7 Å². The maximum absolute atomic E-state index is 11.9. The Morgan fingerprint density at radius 2 is 2.24 bits per heavy atom. The normalized spacial score (nSPS) is 12.8. The van der Waals surface area contributed by atoms with Gasteiger partial charge in [0.05, 0.1) is 16.6 Å². The summed E-state index contributed by atoms with van der Waals surface area (Å²) < 4.78 is 1.14. The van der Waals surface area contributed by atoms with Gasteiger partial charge in [0, 0.05) is 5.92 Å². The second-order valence-electron chi connectivity index (χ2n) is 4.20. The van der Waals surface area contributed by atoms with Gasteiger partial charge in [0.15, 0.2) is 0 Å². The molecule has 0 saturated carbocycles. The molecule has 90 valence electrons. The summed E-state index contributed by atoms with van der Waals surface area (Å²) in [5.74, 6) is 0.265. The molecule has 0 fully saturated rings. The van der Waals surface area contributed by atoms with Gasteiger partial charge in [-0.15, -0.1) is 11.3 Å². The van der Waals surface area contributed by atoms with Gasteiger partial charge in [-0.3, -0.25) is 4.79 Å². The van der Waals surface area contributed by atoms with Gasteiger partial charge in [0.2, 0.25) is 0 Å². The SMILES string of the molecule is CC(CCN)C(=O)Cc1nc2ccccc2s1. The van der Waals surface area contributed by atoms with Crippen molar-refractivity contribution in [2.45, 2.75) is 19.8 Å². The minimum absolute atomic E-state index is 0.0343. The molecule has 0 bridgehead atoms. The van der Waals surface area contributed by atoms with Crippen LogP contribution in [0.2, 0.25) is 0 Å². The number of fused-ring (bicyclic) bond motifs is 1. The Kier molecular flexibility index (Phi) is 3.86. The first-order valence-corrected chi connectivity index (χ1v) is 6.59. The third-order valence-corrected chi connectivity index (χ3v) is 3.85. The Hall–Kier alpha value is -1.26. The predicted molar refractivity (Wildman–Crippen MR) is 71.2 cm³/mol. The van der Waals surface area contributed by atoms with Crippen molar-refractivity contribution in [3.63, 3.8) is 0 Å². The van der Waals surface area contributed by atoms with E-state index in [1.807, 2.05) is 31.2 Å². The molecule has 1 heterocycles. The van der Waals surface area contributed by atoms with Gasteiger partial charge >= 0.3 is 0 Å². The Morgan fingerprint density at radius 3 is 2.94 bits per heavy atom. The molecule has 2 aromatic rings. The molecule has 0 spiro atoms. The summed E-state index contributed by atoms with van der Waals surface area (Å²) in [6.45, 7) is 2.50. The number of ketones is 1. The van der Waals surface area contributed by atoms with E-state index >= 15 is 0 Å². The number of Topliss-reactive ketones (excluding diaryl/α,β-unsaturated/α-hetero) is 1. The lowest BCUT2D eigenvalue weighted by molar-refractivity contribution is -0.121. The third-order valence-electron chi connectivity index (χ3n) is 2.81. The van der Waals surface area contributed by atoms with Crippen molar-refractivity contribution in [2.75, 3.05) is 6.54 Å². The molecule has 0 saturated heterocycles. The van der Waals surface area contributed by atoms with Crippen LogP contribution >= 0.6 is 11.3 Å². The van der Waals surface area contributed by atoms with Gasteiger partial charge in [-0.05, 0) is 25.1 Å². The van der Waals surface area contributed by atoms with Gasteiger partial charge in [0.1, 0.15) is 10.8 Å². The predicted octanol–water partition coefficient (Wildman–Crippen LogP) is 2.39. The number of benzene rings is 1. The van der Waals surface area contributed by atoms with Gasteiger partial charge in [-0.25, -0.2) is 4.98 Å². The summed E-state index contributed by atoms with van der Waals surface area (Å²) in [7, 11) is 0. The summed E-state index contributed by atoms with van der Waals surface area (Å²) in [4.78, 5) is 16.4. The highest BCUT2D eigenvalue weighted by atomic mass is 32.1. The number of hydrogen-bond acceptors (Lipinski definition) is 4. The lowest BCUT2D eigenvalue weighted by atomic mass is 10.0. The molecule has 3 nitrogen and oxygen atoms in total. The Morgan fingerprint density at radius 1 is 1.47 bits per heavy atom. The number of hydrogen-bond donors (Lipinski definition) is 1. The largest absolute Gasteiger partial charge is 0.330 e. The molecule has 1 aromatic heterocycles. The van der Waals surface area contributed by atoms with E-state index in [0.29, 0.717) is 13.0 Å². The van der Waals surface area contributed by atoms with Gasteiger partial charge in [-0.2, -0.15) is 0 Å². The average Bonchev–Trinajstić information content (AvgIpc) is 2.71. The smallest absolute Gasteiger partial charge is 0.142 e. The molecule has 0 aliphatic rings. The minimum Gasteiger partial charge on any atom is -0.330 e. The standard InChI is InChI=1S/C13H16N2OS/c1-9(6-7-14)11(16)8-13-15-10-4-2-3-5-12(10)17-13/h2-5,9H,6-8,14H2,1H3. The van der Waals surface area contributed by atoms with Crippen molar-refractivity contribution in [3.8, 4) is 0 Å². The van der Waals surface area contributed by atoms with E-state index in [9.17, 15) is 4.79 Å². The van der Waals surface area contributed by atoms with E-state index in [0.717, 1.165) is 21.6 Å². The summed E-state index contributed by atoms with van der Waals surface area (Å²) in [5, 5.41) is 0.903. The molecule has 1 aromatic carbocycles. The van der Waals surface area contributed by atoms with Gasteiger partial charge in [-0.1, -0.05) is 19.1 Å². The maximum Gasteiger partial charge on any atom is 0.142 e. The fraction of sp³-hybridized carbons (Fsp3) is 0.385. The highest BCUT2D eigenvalue weighted by molar-refractivity contribution is 7.18. The fourth-order valence-corrected chi connectivity index (χ4v) is 2.71. The number of nitrogens with zero attached hydrogens (tertiary/aromatic N) is 1. The number of carbonyl (C=O) groups excluding carboxylic acids is 1. The molecule has 2 N–H and O–H groups in total. The zero-order valence-electron chi connectivity index (χ0n) is 9.85. The number of thiazole rings is 1. The number of nitrogens with two attached hydrogens (primary N) is 1. The van der Waals surface area contributed by atoms with Crippen LogP contribution in [-0.4, -0.2) is 17.3 Å². The molecular formula is C13H16N2OS. The molecule has 0 amide bonds. The molecular weight excluding hydrogens is 232 g/mol. The fourth-order valence-electron chi connectivity index (χ4n) is 1.73. The zero-order chi connectivity index (χ0) is 12.3. The average molecular weight is 248 g/mol. The Balaban J connectivity index is 2.10. The van der Waals surface area contributed by atoms with Crippen LogP contribution in [-0.2, 0) is 11.2 Å². The Bertz CT molecular complexity index is 488. The number of rotatable bonds is 5. The molecule has 0 radical (unpaired) electrons. The first-order chi connectivity index (χ1) is 8.20. The lowest BCUT2D eigenvalue weighted by Crippen LogP contribution is -2.17. The molecule has 1 unspecified atom stereocenters. The third kappa shape index (κ3) is 2.90. The van der Waals surface area contributed by atoms with Crippen LogP contribution < -0.4 is 5.73 Å².